The van der Waals surface area contributed by atoms with Crippen molar-refractivity contribution in [2.45, 2.75) is 6.54 Å². The number of nitrogens with one attached hydrogen (secondary N) is 1. The van der Waals surface area contributed by atoms with Crippen LogP contribution in [-0.2, 0) is 6.54 Å². The minimum Gasteiger partial charge on any atom is -0.497 e. The van der Waals surface area contributed by atoms with E-state index in [1.165, 1.54) is 0 Å². The molecule has 1 heterocycles. The molecule has 0 aliphatic rings. The van der Waals surface area contributed by atoms with E-state index in [0.717, 1.165) is 11.4 Å². The van der Waals surface area contributed by atoms with Crippen molar-refractivity contribution < 1.29 is 14.1 Å². The predicted molar refractivity (Wildman–Crippen MR) is 73.3 cm³/mol. The van der Waals surface area contributed by atoms with Crippen LogP contribution < -0.4 is 20.9 Å². The number of methoxy groups -OCH3 is 1. The molecule has 20 heavy (non-hydrogen) atoms. The Hall–Kier alpha value is -2.54. The first kappa shape index (κ1) is 13.9. The average Bonchev–Trinajstić information content (AvgIpc) is 2.95. The molecule has 0 bridgehead atoms. The second kappa shape index (κ2) is 6.07. The van der Waals surface area contributed by atoms with E-state index in [1.54, 1.807) is 13.2 Å². The van der Waals surface area contributed by atoms with Gasteiger partial charge in [0, 0.05) is 18.8 Å². The van der Waals surface area contributed by atoms with E-state index in [2.05, 4.69) is 5.16 Å². The first-order valence-corrected chi connectivity index (χ1v) is 5.95. The number of hydrogen-bond acceptors (Lipinski definition) is 6. The summed E-state index contributed by atoms with van der Waals surface area (Å²) in [7, 11) is 3.53. The van der Waals surface area contributed by atoms with E-state index in [9.17, 15) is 4.79 Å². The number of anilines is 1. The van der Waals surface area contributed by atoms with E-state index in [4.69, 9.17) is 15.1 Å². The number of nitrogens with two attached hydrogens (primary N) is 1. The summed E-state index contributed by atoms with van der Waals surface area (Å²) < 4.78 is 10.2. The van der Waals surface area contributed by atoms with Crippen molar-refractivity contribution in [2.24, 2.45) is 5.84 Å². The minimum atomic E-state index is -0.480. The Labute approximate surface area is 116 Å². The highest BCUT2D eigenvalue weighted by Crippen LogP contribution is 2.19. The molecular weight excluding hydrogens is 260 g/mol. The molecule has 0 unspecified atom stereocenters. The lowest BCUT2D eigenvalue weighted by molar-refractivity contribution is 0.0944. The van der Waals surface area contributed by atoms with Gasteiger partial charge in [0.2, 0.25) is 0 Å². The molecule has 2 aromatic rings. The van der Waals surface area contributed by atoms with E-state index in [1.807, 2.05) is 41.6 Å². The van der Waals surface area contributed by atoms with Gasteiger partial charge in [-0.2, -0.15) is 0 Å². The molecule has 0 radical (unpaired) electrons. The Kier molecular flexibility index (Phi) is 4.21. The molecule has 3 N–H and O–H groups in total. The zero-order valence-corrected chi connectivity index (χ0v) is 11.3. The fraction of sp³-hybridized carbons (Fsp3) is 0.231. The molecule has 1 amide bonds. The monoisotopic (exact) mass is 276 g/mol. The van der Waals surface area contributed by atoms with Crippen LogP contribution in [-0.4, -0.2) is 25.2 Å². The number of benzene rings is 1. The van der Waals surface area contributed by atoms with Crippen LogP contribution in [0, 0.1) is 0 Å². The largest absolute Gasteiger partial charge is 0.497 e. The van der Waals surface area contributed by atoms with Gasteiger partial charge in [-0.3, -0.25) is 10.2 Å². The van der Waals surface area contributed by atoms with Gasteiger partial charge >= 0.3 is 0 Å². The molecule has 106 valence electrons. The van der Waals surface area contributed by atoms with Crippen LogP contribution >= 0.6 is 0 Å². The molecular formula is C13H16N4O3. The molecule has 0 atom stereocenters. The minimum absolute atomic E-state index is 0.158. The number of amides is 1. The number of rotatable bonds is 5. The topological polar surface area (TPSA) is 93.6 Å². The Balaban J connectivity index is 2.04. The maximum atomic E-state index is 11.3. The number of hydrogen-bond donors (Lipinski definition) is 2. The Morgan fingerprint density at radius 2 is 2.15 bits per heavy atom. The molecule has 1 aromatic carbocycles. The maximum Gasteiger partial charge on any atom is 0.287 e. The van der Waals surface area contributed by atoms with Crippen LogP contribution in [0.4, 0.5) is 5.69 Å². The van der Waals surface area contributed by atoms with Crippen molar-refractivity contribution in [3.63, 3.8) is 0 Å². The number of nitrogen functional groups attached to an aromatic ring is 1. The number of ether oxygens (including phenoxy) is 1. The van der Waals surface area contributed by atoms with Crippen LogP contribution in [0.3, 0.4) is 0 Å². The molecule has 0 saturated heterocycles. The maximum absolute atomic E-state index is 11.3. The lowest BCUT2D eigenvalue weighted by Crippen LogP contribution is -2.30. The normalized spacial score (nSPS) is 10.2. The van der Waals surface area contributed by atoms with Crippen LogP contribution in [0.2, 0.25) is 0 Å². The second-order valence-electron chi connectivity index (χ2n) is 4.21. The molecule has 0 aliphatic carbocycles. The Bertz CT molecular complexity index is 580. The molecule has 0 aliphatic heterocycles. The van der Waals surface area contributed by atoms with Crippen molar-refractivity contribution in [3.05, 3.63) is 41.8 Å². The van der Waals surface area contributed by atoms with Crippen molar-refractivity contribution in [1.29, 1.82) is 0 Å². The molecule has 7 nitrogen and oxygen atoms in total. The summed E-state index contributed by atoms with van der Waals surface area (Å²) in [5.41, 5.74) is 3.15. The molecule has 0 saturated carbocycles. The highest BCUT2D eigenvalue weighted by atomic mass is 16.5. The van der Waals surface area contributed by atoms with E-state index in [-0.39, 0.29) is 5.69 Å². The van der Waals surface area contributed by atoms with E-state index in [0.29, 0.717) is 12.3 Å². The summed E-state index contributed by atoms with van der Waals surface area (Å²) in [4.78, 5) is 13.2. The quantitative estimate of drug-likeness (QED) is 0.479. The zero-order chi connectivity index (χ0) is 14.5. The summed E-state index contributed by atoms with van der Waals surface area (Å²) in [6, 6.07) is 9.17. The molecule has 2 rings (SSSR count). The molecule has 0 fully saturated rings. The molecule has 0 spiro atoms. The molecule has 7 heteroatoms. The Morgan fingerprint density at radius 1 is 1.45 bits per heavy atom. The summed E-state index contributed by atoms with van der Waals surface area (Å²) in [5, 5.41) is 3.65. The van der Waals surface area contributed by atoms with E-state index >= 15 is 0 Å². The standard InChI is InChI=1S/C13H16N4O3/c1-17(9-3-5-10(19-2)6-4-9)8-11-7-12(16-20-11)13(18)15-14/h3-7H,8,14H2,1-2H3,(H,15,18). The van der Waals surface area contributed by atoms with Gasteiger partial charge in [-0.05, 0) is 24.3 Å². The number of nitrogens with zero attached hydrogens (tertiary/aromatic N) is 2. The van der Waals surface area contributed by atoms with Gasteiger partial charge in [0.05, 0.1) is 13.7 Å². The number of hydrazine groups is 1. The third kappa shape index (κ3) is 3.07. The third-order valence-corrected chi connectivity index (χ3v) is 2.83. The first-order valence-electron chi connectivity index (χ1n) is 5.95. The van der Waals surface area contributed by atoms with Gasteiger partial charge in [0.25, 0.3) is 5.91 Å². The number of carbonyl (C=O) groups is 1. The van der Waals surface area contributed by atoms with Crippen molar-refractivity contribution in [3.8, 4) is 5.75 Å². The van der Waals surface area contributed by atoms with Gasteiger partial charge in [-0.15, -0.1) is 0 Å². The van der Waals surface area contributed by atoms with Crippen LogP contribution in [0.15, 0.2) is 34.9 Å². The van der Waals surface area contributed by atoms with Gasteiger partial charge < -0.3 is 14.2 Å². The third-order valence-electron chi connectivity index (χ3n) is 2.83. The fourth-order valence-corrected chi connectivity index (χ4v) is 1.73. The molecule has 1 aromatic heterocycles. The van der Waals surface area contributed by atoms with Gasteiger partial charge in [-0.25, -0.2) is 5.84 Å². The smallest absolute Gasteiger partial charge is 0.287 e. The SMILES string of the molecule is COc1ccc(N(C)Cc2cc(C(=O)NN)no2)cc1. The van der Waals surface area contributed by atoms with Gasteiger partial charge in [0.1, 0.15) is 5.75 Å². The first-order chi connectivity index (χ1) is 9.63. The summed E-state index contributed by atoms with van der Waals surface area (Å²) >= 11 is 0. The van der Waals surface area contributed by atoms with Crippen LogP contribution in [0.5, 0.6) is 5.75 Å². The average molecular weight is 276 g/mol. The highest BCUT2D eigenvalue weighted by Gasteiger charge is 2.12. The predicted octanol–water partition coefficient (Wildman–Crippen LogP) is 0.923. The van der Waals surface area contributed by atoms with E-state index < -0.39 is 5.91 Å². The Morgan fingerprint density at radius 3 is 2.75 bits per heavy atom. The lowest BCUT2D eigenvalue weighted by Gasteiger charge is -2.17. The second-order valence-corrected chi connectivity index (χ2v) is 4.21. The zero-order valence-electron chi connectivity index (χ0n) is 11.3. The van der Waals surface area contributed by atoms with Crippen molar-refractivity contribution >= 4 is 11.6 Å². The van der Waals surface area contributed by atoms with Gasteiger partial charge in [0.15, 0.2) is 11.5 Å². The number of carbonyl (C=O) groups excluding carboxylic acids is 1. The van der Waals surface area contributed by atoms with Crippen LogP contribution in [0.1, 0.15) is 16.2 Å². The van der Waals surface area contributed by atoms with Crippen LogP contribution in [0.25, 0.3) is 0 Å². The fourth-order valence-electron chi connectivity index (χ4n) is 1.73. The summed E-state index contributed by atoms with van der Waals surface area (Å²) in [6.45, 7) is 0.483. The van der Waals surface area contributed by atoms with Crippen molar-refractivity contribution in [1.82, 2.24) is 10.6 Å². The number of aromatic nitrogens is 1. The summed E-state index contributed by atoms with van der Waals surface area (Å²) in [6.07, 6.45) is 0. The summed E-state index contributed by atoms with van der Waals surface area (Å²) in [5.74, 6) is 5.92. The van der Waals surface area contributed by atoms with Crippen molar-refractivity contribution in [2.75, 3.05) is 19.1 Å². The lowest BCUT2D eigenvalue weighted by atomic mass is 10.2. The highest BCUT2D eigenvalue weighted by molar-refractivity contribution is 5.91. The van der Waals surface area contributed by atoms with Gasteiger partial charge in [-0.1, -0.05) is 5.16 Å².